The van der Waals surface area contributed by atoms with E-state index in [1.54, 1.807) is 13.1 Å². The van der Waals surface area contributed by atoms with E-state index in [0.29, 0.717) is 25.8 Å². The molecule has 12 nitrogen and oxygen atoms in total. The van der Waals surface area contributed by atoms with Crippen LogP contribution in [0.25, 0.3) is 21.7 Å². The van der Waals surface area contributed by atoms with Gasteiger partial charge in [-0.15, -0.1) is 0 Å². The maximum absolute atomic E-state index is 14.7. The molecule has 0 aliphatic carbocycles. The van der Waals surface area contributed by atoms with Gasteiger partial charge in [-0.3, -0.25) is 28.8 Å². The molecular weight excluding hydrogens is 793 g/mol. The number of ketones is 3. The molecule has 0 radical (unpaired) electrons. The van der Waals surface area contributed by atoms with Crippen molar-refractivity contribution >= 4 is 56.7 Å². The van der Waals surface area contributed by atoms with Crippen LogP contribution in [0, 0.1) is 17.3 Å². The lowest BCUT2D eigenvalue weighted by molar-refractivity contribution is -0.136. The molecule has 0 unspecified atom stereocenters. The van der Waals surface area contributed by atoms with Crippen molar-refractivity contribution < 1.29 is 28.8 Å². The molecule has 0 aliphatic rings. The van der Waals surface area contributed by atoms with E-state index in [0.717, 1.165) is 38.4 Å². The smallest absolute Gasteiger partial charge is 0.237 e. The lowest BCUT2D eigenvalue weighted by atomic mass is 9.84. The number of nitrogens with one attached hydrogen (secondary N) is 4. The van der Waals surface area contributed by atoms with Gasteiger partial charge in [0.1, 0.15) is 0 Å². The number of nitrogens with two attached hydrogens (primary N) is 2. The number of unbranched alkanes of at least 4 members (excludes halogenated alkanes) is 1. The summed E-state index contributed by atoms with van der Waals surface area (Å²) in [6.45, 7) is 9.06. The van der Waals surface area contributed by atoms with Gasteiger partial charge in [-0.2, -0.15) is 0 Å². The average molecular weight is 857 g/mol. The summed E-state index contributed by atoms with van der Waals surface area (Å²) in [6, 6.07) is 27.1. The molecule has 0 bridgehead atoms. The summed E-state index contributed by atoms with van der Waals surface area (Å²) in [5.41, 5.74) is 14.2. The quantitative estimate of drug-likeness (QED) is 0.0425. The number of rotatable bonds is 23. The molecule has 0 spiro atoms. The molecule has 6 atom stereocenters. The maximum Gasteiger partial charge on any atom is 0.237 e. The van der Waals surface area contributed by atoms with Crippen LogP contribution in [0.1, 0.15) is 83.4 Å². The van der Waals surface area contributed by atoms with Crippen LogP contribution in [0.3, 0.4) is 0 Å². The molecule has 1 heterocycles. The number of amides is 3. The Morgan fingerprint density at radius 1 is 0.635 bits per heavy atom. The molecule has 4 aromatic carbocycles. The summed E-state index contributed by atoms with van der Waals surface area (Å²) in [7, 11) is 0. The van der Waals surface area contributed by atoms with E-state index in [9.17, 15) is 28.8 Å². The molecule has 0 saturated heterocycles. The third-order valence-corrected chi connectivity index (χ3v) is 11.6. The standard InChI is InChI=1S/C51H64N6O6/c1-32(25-45(58)43(57-49(62)33(2)53)28-35-22-23-36-17-9-10-18-37(36)27-35)48(61)56-44(29-39-31-54-41-20-12-11-19-40(39)41)46(59)30-38(26-34-15-7-6-8-16-34)50(63)55-42(21-13-14-24-52)47(60)51(3,4)5/h6-12,15-20,22-23,27,31-33,38,42-44,54H,13-14,21,24-26,28-30,52-53H2,1-5H3,(H,55,63)(H,56,61)(H,57,62)/t32-,33-,38+,42+,43-,44+/m1/s1. The molecule has 12 heteroatoms. The van der Waals surface area contributed by atoms with E-state index in [1.807, 2.05) is 118 Å². The highest BCUT2D eigenvalue weighted by molar-refractivity contribution is 5.98. The maximum atomic E-state index is 14.7. The van der Waals surface area contributed by atoms with E-state index in [1.165, 1.54) is 6.92 Å². The predicted molar refractivity (Wildman–Crippen MR) is 249 cm³/mol. The van der Waals surface area contributed by atoms with E-state index in [4.69, 9.17) is 11.5 Å². The Morgan fingerprint density at radius 2 is 1.25 bits per heavy atom. The zero-order valence-electron chi connectivity index (χ0n) is 37.2. The summed E-state index contributed by atoms with van der Waals surface area (Å²) in [5, 5.41) is 11.7. The molecule has 3 amide bonds. The van der Waals surface area contributed by atoms with Crippen LogP contribution in [0.2, 0.25) is 0 Å². The third-order valence-electron chi connectivity index (χ3n) is 11.6. The fraction of sp³-hybridized carbons (Fsp3) is 0.412. The van der Waals surface area contributed by atoms with Gasteiger partial charge in [0, 0.05) is 53.6 Å². The van der Waals surface area contributed by atoms with E-state index in [2.05, 4.69) is 20.9 Å². The Morgan fingerprint density at radius 3 is 1.95 bits per heavy atom. The molecule has 0 aliphatic heterocycles. The van der Waals surface area contributed by atoms with Gasteiger partial charge in [-0.1, -0.05) is 119 Å². The minimum absolute atomic E-state index is 0.109. The van der Waals surface area contributed by atoms with Crippen molar-refractivity contribution in [1.82, 2.24) is 20.9 Å². The molecule has 5 rings (SSSR count). The first-order valence-electron chi connectivity index (χ1n) is 22.1. The normalized spacial score (nSPS) is 14.5. The van der Waals surface area contributed by atoms with E-state index >= 15 is 0 Å². The van der Waals surface area contributed by atoms with E-state index in [-0.39, 0.29) is 49.5 Å². The summed E-state index contributed by atoms with van der Waals surface area (Å²) >= 11 is 0. The van der Waals surface area contributed by atoms with Gasteiger partial charge in [0.15, 0.2) is 17.3 Å². The highest BCUT2D eigenvalue weighted by Crippen LogP contribution is 2.24. The molecule has 0 fully saturated rings. The second kappa shape index (κ2) is 22.4. The van der Waals surface area contributed by atoms with Crippen molar-refractivity contribution in [2.24, 2.45) is 28.7 Å². The Kier molecular flexibility index (Phi) is 17.1. The summed E-state index contributed by atoms with van der Waals surface area (Å²) in [5.74, 6) is -4.03. The minimum Gasteiger partial charge on any atom is -0.361 e. The molecular formula is C51H64N6O6. The Balaban J connectivity index is 1.39. The summed E-state index contributed by atoms with van der Waals surface area (Å²) in [4.78, 5) is 86.8. The van der Waals surface area contributed by atoms with Gasteiger partial charge in [-0.25, -0.2) is 0 Å². The number of benzene rings is 4. The number of aromatic nitrogens is 1. The zero-order valence-corrected chi connectivity index (χ0v) is 37.2. The zero-order chi connectivity index (χ0) is 45.7. The van der Waals surface area contributed by atoms with Gasteiger partial charge < -0.3 is 32.4 Å². The van der Waals surface area contributed by atoms with Gasteiger partial charge in [0.2, 0.25) is 17.7 Å². The van der Waals surface area contributed by atoms with Crippen LogP contribution < -0.4 is 27.4 Å². The molecule has 334 valence electrons. The Bertz CT molecular complexity index is 2370. The number of para-hydroxylation sites is 1. The summed E-state index contributed by atoms with van der Waals surface area (Å²) < 4.78 is 0. The lowest BCUT2D eigenvalue weighted by Gasteiger charge is -2.28. The molecule has 0 saturated carbocycles. The fourth-order valence-electron chi connectivity index (χ4n) is 7.88. The van der Waals surface area contributed by atoms with Gasteiger partial charge in [0.05, 0.1) is 24.2 Å². The molecule has 8 N–H and O–H groups in total. The monoisotopic (exact) mass is 856 g/mol. The van der Waals surface area contributed by atoms with Crippen LogP contribution in [-0.4, -0.2) is 70.8 Å². The van der Waals surface area contributed by atoms with Crippen LogP contribution in [0.4, 0.5) is 0 Å². The number of carbonyl (C=O) groups is 6. The number of Topliss-reactive ketones (excluding diaryl/α,β-unsaturated/α-hetero) is 3. The molecule has 5 aromatic rings. The lowest BCUT2D eigenvalue weighted by Crippen LogP contribution is -2.50. The van der Waals surface area contributed by atoms with Crippen LogP contribution in [-0.2, 0) is 48.0 Å². The summed E-state index contributed by atoms with van der Waals surface area (Å²) in [6.07, 6.45) is 3.66. The number of aromatic amines is 1. The first kappa shape index (κ1) is 48.1. The topological polar surface area (TPSA) is 206 Å². The van der Waals surface area contributed by atoms with Crippen molar-refractivity contribution in [3.05, 3.63) is 120 Å². The van der Waals surface area contributed by atoms with Crippen LogP contribution >= 0.6 is 0 Å². The third kappa shape index (κ3) is 13.8. The fourth-order valence-corrected chi connectivity index (χ4v) is 7.88. The number of fused-ring (bicyclic) bond motifs is 2. The Labute approximate surface area is 370 Å². The predicted octanol–water partition coefficient (Wildman–Crippen LogP) is 6.07. The average Bonchev–Trinajstić information content (AvgIpc) is 3.67. The first-order chi connectivity index (χ1) is 30.0. The first-order valence-corrected chi connectivity index (χ1v) is 22.1. The number of hydrogen-bond acceptors (Lipinski definition) is 8. The van der Waals surface area contributed by atoms with Crippen LogP contribution in [0.15, 0.2) is 103 Å². The van der Waals surface area contributed by atoms with Crippen molar-refractivity contribution in [2.75, 3.05) is 6.54 Å². The second-order valence-corrected chi connectivity index (χ2v) is 17.9. The second-order valence-electron chi connectivity index (χ2n) is 17.9. The SMILES string of the molecule is C[C@H](CC(=O)[C@@H](Cc1ccc2ccccc2c1)NC(=O)[C@@H](C)N)C(=O)N[C@@H](Cc1c[nH]c2ccccc12)C(=O)C[C@H](Cc1ccccc1)C(=O)N[C@@H](CCCCN)C(=O)C(C)(C)C. The van der Waals surface area contributed by atoms with Crippen molar-refractivity contribution in [2.45, 2.75) is 110 Å². The van der Waals surface area contributed by atoms with Crippen LogP contribution in [0.5, 0.6) is 0 Å². The van der Waals surface area contributed by atoms with E-state index < -0.39 is 59.1 Å². The van der Waals surface area contributed by atoms with Gasteiger partial charge in [0.25, 0.3) is 0 Å². The minimum atomic E-state index is -1.07. The number of hydrogen-bond donors (Lipinski definition) is 6. The molecule has 63 heavy (non-hydrogen) atoms. The van der Waals surface area contributed by atoms with Gasteiger partial charge in [-0.05, 0) is 79.1 Å². The largest absolute Gasteiger partial charge is 0.361 e. The van der Waals surface area contributed by atoms with Crippen molar-refractivity contribution in [3.63, 3.8) is 0 Å². The van der Waals surface area contributed by atoms with Crippen molar-refractivity contribution in [1.29, 1.82) is 0 Å². The highest BCUT2D eigenvalue weighted by atomic mass is 16.2. The van der Waals surface area contributed by atoms with Crippen molar-refractivity contribution in [3.8, 4) is 0 Å². The molecule has 1 aromatic heterocycles. The Hall–Kier alpha value is -5.98. The van der Waals surface area contributed by atoms with Gasteiger partial charge >= 0.3 is 0 Å². The number of carbonyl (C=O) groups excluding carboxylic acids is 6. The number of H-pyrrole nitrogens is 1. The highest BCUT2D eigenvalue weighted by Gasteiger charge is 2.35.